The molecule has 1 aromatic carbocycles. The van der Waals surface area contributed by atoms with Gasteiger partial charge in [0.15, 0.2) is 18.1 Å². The van der Waals surface area contributed by atoms with Crippen LogP contribution in [0.5, 0.6) is 11.5 Å². The van der Waals surface area contributed by atoms with Gasteiger partial charge in [0.2, 0.25) is 0 Å². The van der Waals surface area contributed by atoms with Crippen molar-refractivity contribution in [3.63, 3.8) is 0 Å². The summed E-state index contributed by atoms with van der Waals surface area (Å²) in [4.78, 5) is 23.3. The van der Waals surface area contributed by atoms with Crippen LogP contribution in [0.15, 0.2) is 24.3 Å². The average Bonchev–Trinajstić information content (AvgIpc) is 3.17. The Balaban J connectivity index is 1.78. The van der Waals surface area contributed by atoms with Gasteiger partial charge >= 0.3 is 12.6 Å². The predicted molar refractivity (Wildman–Crippen MR) is 91.6 cm³/mol. The first-order chi connectivity index (χ1) is 13.0. The normalized spacial score (nSPS) is 16.5. The average molecular weight is 385 g/mol. The summed E-state index contributed by atoms with van der Waals surface area (Å²) in [6.07, 6.45) is 4.40. The summed E-state index contributed by atoms with van der Waals surface area (Å²) in [5, 5.41) is 2.63. The largest absolute Gasteiger partial charge is 0.493 e. The second-order valence-electron chi connectivity index (χ2n) is 5.67. The van der Waals surface area contributed by atoms with Crippen LogP contribution in [0.4, 0.5) is 8.78 Å². The van der Waals surface area contributed by atoms with E-state index in [1.807, 2.05) is 0 Å². The van der Waals surface area contributed by atoms with Gasteiger partial charge in [0, 0.05) is 19.2 Å². The van der Waals surface area contributed by atoms with Crippen molar-refractivity contribution in [3.8, 4) is 11.5 Å². The lowest BCUT2D eigenvalue weighted by atomic mass is 10.2. The lowest BCUT2D eigenvalue weighted by Crippen LogP contribution is -2.34. The van der Waals surface area contributed by atoms with Crippen molar-refractivity contribution in [1.82, 2.24) is 5.32 Å². The van der Waals surface area contributed by atoms with Crippen molar-refractivity contribution in [3.05, 3.63) is 29.8 Å². The Bertz CT molecular complexity index is 674. The fraction of sp³-hybridized carbons (Fsp3) is 0.444. The van der Waals surface area contributed by atoms with Gasteiger partial charge in [-0.25, -0.2) is 4.79 Å². The van der Waals surface area contributed by atoms with Gasteiger partial charge in [-0.15, -0.1) is 0 Å². The van der Waals surface area contributed by atoms with Gasteiger partial charge in [-0.3, -0.25) is 4.79 Å². The molecule has 0 spiro atoms. The lowest BCUT2D eigenvalue weighted by Gasteiger charge is -2.10. The molecule has 148 valence electrons. The molecule has 1 amide bonds. The van der Waals surface area contributed by atoms with Crippen molar-refractivity contribution >= 4 is 18.0 Å². The molecule has 7 nitrogen and oxygen atoms in total. The monoisotopic (exact) mass is 385 g/mol. The van der Waals surface area contributed by atoms with Gasteiger partial charge < -0.3 is 24.3 Å². The Kier molecular flexibility index (Phi) is 8.00. The summed E-state index contributed by atoms with van der Waals surface area (Å²) in [5.74, 6) is -1.15. The topological polar surface area (TPSA) is 83.1 Å². The molecule has 1 unspecified atom stereocenters. The van der Waals surface area contributed by atoms with Crippen LogP contribution >= 0.6 is 0 Å². The van der Waals surface area contributed by atoms with Gasteiger partial charge in [-0.05, 0) is 36.6 Å². The van der Waals surface area contributed by atoms with Crippen LogP contribution in [-0.2, 0) is 19.1 Å². The minimum Gasteiger partial charge on any atom is -0.493 e. The number of benzene rings is 1. The van der Waals surface area contributed by atoms with Crippen LogP contribution in [0.25, 0.3) is 6.08 Å². The van der Waals surface area contributed by atoms with E-state index in [0.29, 0.717) is 18.7 Å². The van der Waals surface area contributed by atoms with E-state index in [0.717, 1.165) is 18.9 Å². The number of alkyl halides is 2. The third-order valence-electron chi connectivity index (χ3n) is 3.71. The molecule has 0 radical (unpaired) electrons. The molecule has 1 aliphatic rings. The van der Waals surface area contributed by atoms with Crippen LogP contribution in [-0.4, -0.2) is 51.5 Å². The highest BCUT2D eigenvalue weighted by Crippen LogP contribution is 2.29. The first-order valence-electron chi connectivity index (χ1n) is 8.34. The maximum absolute atomic E-state index is 12.3. The van der Waals surface area contributed by atoms with Gasteiger partial charge in [0.25, 0.3) is 5.91 Å². The number of hydrogen-bond donors (Lipinski definition) is 1. The van der Waals surface area contributed by atoms with Crippen molar-refractivity contribution in [2.24, 2.45) is 0 Å². The molecule has 2 rings (SSSR count). The number of nitrogens with one attached hydrogen (secondary N) is 1. The Morgan fingerprint density at radius 2 is 2.19 bits per heavy atom. The van der Waals surface area contributed by atoms with Gasteiger partial charge in [-0.1, -0.05) is 6.07 Å². The smallest absolute Gasteiger partial charge is 0.387 e. The summed E-state index contributed by atoms with van der Waals surface area (Å²) in [5.41, 5.74) is 0.508. The van der Waals surface area contributed by atoms with Crippen molar-refractivity contribution in [1.29, 1.82) is 0 Å². The third kappa shape index (κ3) is 7.22. The molecule has 9 heteroatoms. The Labute approximate surface area is 155 Å². The Morgan fingerprint density at radius 1 is 1.37 bits per heavy atom. The molecule has 1 aromatic rings. The van der Waals surface area contributed by atoms with E-state index in [2.05, 4.69) is 10.1 Å². The first-order valence-corrected chi connectivity index (χ1v) is 8.34. The van der Waals surface area contributed by atoms with E-state index in [9.17, 15) is 18.4 Å². The fourth-order valence-electron chi connectivity index (χ4n) is 2.41. The van der Waals surface area contributed by atoms with Crippen molar-refractivity contribution < 1.29 is 37.3 Å². The van der Waals surface area contributed by atoms with Crippen molar-refractivity contribution in [2.45, 2.75) is 25.6 Å². The molecular weight excluding hydrogens is 364 g/mol. The highest BCUT2D eigenvalue weighted by Gasteiger charge is 2.16. The van der Waals surface area contributed by atoms with Gasteiger partial charge in [0.05, 0.1) is 13.2 Å². The number of hydrogen-bond acceptors (Lipinski definition) is 6. The molecule has 1 atom stereocenters. The number of rotatable bonds is 9. The van der Waals surface area contributed by atoms with E-state index in [1.54, 1.807) is 0 Å². The summed E-state index contributed by atoms with van der Waals surface area (Å²) < 4.78 is 44.1. The van der Waals surface area contributed by atoms with E-state index >= 15 is 0 Å². The quantitative estimate of drug-likeness (QED) is 0.518. The maximum Gasteiger partial charge on any atom is 0.387 e. The summed E-state index contributed by atoms with van der Waals surface area (Å²) in [6, 6.07) is 4.20. The number of carbonyl (C=O) groups excluding carboxylic acids is 2. The molecular formula is C18H21F2NO6. The zero-order valence-corrected chi connectivity index (χ0v) is 14.8. The van der Waals surface area contributed by atoms with Crippen LogP contribution in [0.3, 0.4) is 0 Å². The summed E-state index contributed by atoms with van der Waals surface area (Å²) in [7, 11) is 1.31. The second-order valence-corrected chi connectivity index (χ2v) is 5.67. The zero-order valence-electron chi connectivity index (χ0n) is 14.8. The number of methoxy groups -OCH3 is 1. The standard InChI is InChI=1S/C18H21F2NO6/c1-24-15-9-12(4-6-14(15)27-18(19)20)5-7-17(23)26-11-16(22)21-10-13-3-2-8-25-13/h4-7,9,13,18H,2-3,8,10-11H2,1H3,(H,21,22)/b7-5+. The SMILES string of the molecule is COc1cc(/C=C/C(=O)OCC(=O)NCC2CCCO2)ccc1OC(F)F. The molecule has 1 N–H and O–H groups in total. The second kappa shape index (κ2) is 10.5. The molecule has 1 fully saturated rings. The Hall–Kier alpha value is -2.68. The van der Waals surface area contributed by atoms with Gasteiger partial charge in [-0.2, -0.15) is 8.78 Å². The number of esters is 1. The number of carbonyl (C=O) groups is 2. The maximum atomic E-state index is 12.3. The van der Waals surface area contributed by atoms with E-state index < -0.39 is 25.1 Å². The highest BCUT2D eigenvalue weighted by atomic mass is 19.3. The molecule has 0 bridgehead atoms. The molecule has 1 saturated heterocycles. The minimum absolute atomic E-state index is 0.0107. The van der Waals surface area contributed by atoms with Crippen molar-refractivity contribution in [2.75, 3.05) is 26.9 Å². The van der Waals surface area contributed by atoms with E-state index in [-0.39, 0.29) is 17.6 Å². The number of halogens is 2. The number of amides is 1. The Morgan fingerprint density at radius 3 is 2.85 bits per heavy atom. The third-order valence-corrected chi connectivity index (χ3v) is 3.71. The van der Waals surface area contributed by atoms with Gasteiger partial charge in [0.1, 0.15) is 0 Å². The summed E-state index contributed by atoms with van der Waals surface area (Å²) >= 11 is 0. The minimum atomic E-state index is -2.97. The molecule has 1 heterocycles. The van der Waals surface area contributed by atoms with Crippen LogP contribution < -0.4 is 14.8 Å². The molecule has 0 aliphatic carbocycles. The van der Waals surface area contributed by atoms with E-state index in [1.165, 1.54) is 31.4 Å². The predicted octanol–water partition coefficient (Wildman–Crippen LogP) is 2.15. The molecule has 1 aliphatic heterocycles. The van der Waals surface area contributed by atoms with Crippen LogP contribution in [0.2, 0.25) is 0 Å². The zero-order chi connectivity index (χ0) is 19.6. The highest BCUT2D eigenvalue weighted by molar-refractivity contribution is 5.89. The fourth-order valence-corrected chi connectivity index (χ4v) is 2.41. The number of ether oxygens (including phenoxy) is 4. The van der Waals surface area contributed by atoms with Crippen LogP contribution in [0, 0.1) is 0 Å². The van der Waals surface area contributed by atoms with E-state index in [4.69, 9.17) is 14.2 Å². The first kappa shape index (κ1) is 20.6. The molecule has 0 aromatic heterocycles. The molecule has 0 saturated carbocycles. The molecule has 27 heavy (non-hydrogen) atoms. The summed E-state index contributed by atoms with van der Waals surface area (Å²) in [6.45, 7) is -2.29. The van der Waals surface area contributed by atoms with Crippen LogP contribution in [0.1, 0.15) is 18.4 Å². The lowest BCUT2D eigenvalue weighted by molar-refractivity contribution is -0.143.